The number of halogens is 1. The first kappa shape index (κ1) is 14.3. The fraction of sp³-hybridized carbons (Fsp3) is 0.471. The molecule has 4 heteroatoms. The lowest BCUT2D eigenvalue weighted by Crippen LogP contribution is -2.22. The van der Waals surface area contributed by atoms with Crippen LogP contribution in [0.15, 0.2) is 34.9 Å². The normalized spacial score (nSPS) is 19.5. The molecule has 1 aliphatic heterocycles. The molecule has 3 nitrogen and oxygen atoms in total. The largest absolute Gasteiger partial charge is 0.359 e. The zero-order valence-corrected chi connectivity index (χ0v) is 12.6. The number of hydrogen-bond acceptors (Lipinski definition) is 3. The molecule has 2 heterocycles. The first-order chi connectivity index (χ1) is 10.1. The van der Waals surface area contributed by atoms with Gasteiger partial charge in [-0.1, -0.05) is 31.1 Å². The van der Waals surface area contributed by atoms with Crippen molar-refractivity contribution >= 4 is 0 Å². The number of likely N-dealkylation sites (tertiary alicyclic amines) is 1. The van der Waals surface area contributed by atoms with Crippen LogP contribution in [0.2, 0.25) is 0 Å². The molecule has 2 aromatic rings. The summed E-state index contributed by atoms with van der Waals surface area (Å²) in [7, 11) is 0. The first-order valence-corrected chi connectivity index (χ1v) is 7.58. The third kappa shape index (κ3) is 3.16. The lowest BCUT2D eigenvalue weighted by Gasteiger charge is -2.22. The Kier molecular flexibility index (Phi) is 4.06. The molecular weight excluding hydrogens is 267 g/mol. The summed E-state index contributed by atoms with van der Waals surface area (Å²) in [6.45, 7) is 5.99. The van der Waals surface area contributed by atoms with Crippen molar-refractivity contribution < 1.29 is 8.91 Å². The predicted octanol–water partition coefficient (Wildman–Crippen LogP) is 4.27. The number of rotatable bonds is 4. The average Bonchev–Trinajstić information content (AvgIpc) is 3.06. The van der Waals surface area contributed by atoms with Gasteiger partial charge in [0.1, 0.15) is 5.82 Å². The molecule has 0 amide bonds. The van der Waals surface area contributed by atoms with Crippen molar-refractivity contribution in [1.29, 1.82) is 0 Å². The average molecular weight is 288 g/mol. The van der Waals surface area contributed by atoms with Crippen molar-refractivity contribution in [3.63, 3.8) is 0 Å². The van der Waals surface area contributed by atoms with E-state index in [0.29, 0.717) is 5.92 Å². The SMILES string of the molecule is CC(C)c1cc([C@H]2CCCN2Cc2cccc(F)c2)on1. The molecule has 1 aliphatic rings. The Balaban J connectivity index is 1.75. The van der Waals surface area contributed by atoms with Gasteiger partial charge in [-0.25, -0.2) is 4.39 Å². The van der Waals surface area contributed by atoms with Crippen LogP contribution in [0.25, 0.3) is 0 Å². The molecule has 3 rings (SSSR count). The van der Waals surface area contributed by atoms with E-state index < -0.39 is 0 Å². The molecule has 0 unspecified atom stereocenters. The molecule has 112 valence electrons. The van der Waals surface area contributed by atoms with E-state index in [1.807, 2.05) is 6.07 Å². The fourth-order valence-corrected chi connectivity index (χ4v) is 2.94. The Hall–Kier alpha value is -1.68. The quantitative estimate of drug-likeness (QED) is 0.841. The third-order valence-electron chi connectivity index (χ3n) is 4.10. The van der Waals surface area contributed by atoms with Gasteiger partial charge in [-0.15, -0.1) is 0 Å². The van der Waals surface area contributed by atoms with Crippen LogP contribution in [0, 0.1) is 5.82 Å². The minimum atomic E-state index is -0.176. The summed E-state index contributed by atoms with van der Waals surface area (Å²) < 4.78 is 18.8. The molecule has 0 radical (unpaired) electrons. The molecule has 0 spiro atoms. The van der Waals surface area contributed by atoms with Gasteiger partial charge in [-0.05, 0) is 43.0 Å². The second kappa shape index (κ2) is 5.98. The van der Waals surface area contributed by atoms with E-state index in [9.17, 15) is 4.39 Å². The van der Waals surface area contributed by atoms with Crippen molar-refractivity contribution in [1.82, 2.24) is 10.1 Å². The van der Waals surface area contributed by atoms with E-state index in [0.717, 1.165) is 42.9 Å². The Bertz CT molecular complexity index is 608. The van der Waals surface area contributed by atoms with Gasteiger partial charge in [-0.2, -0.15) is 0 Å². The maximum atomic E-state index is 13.3. The molecule has 1 fully saturated rings. The number of hydrogen-bond donors (Lipinski definition) is 0. The third-order valence-corrected chi connectivity index (χ3v) is 4.10. The van der Waals surface area contributed by atoms with E-state index in [2.05, 4.69) is 30.0 Å². The summed E-state index contributed by atoms with van der Waals surface area (Å²) >= 11 is 0. The van der Waals surface area contributed by atoms with Crippen molar-refractivity contribution in [2.75, 3.05) is 6.54 Å². The van der Waals surface area contributed by atoms with Crippen LogP contribution < -0.4 is 0 Å². The van der Waals surface area contributed by atoms with Gasteiger partial charge in [0.05, 0.1) is 11.7 Å². The Morgan fingerprint density at radius 1 is 1.38 bits per heavy atom. The van der Waals surface area contributed by atoms with E-state index in [-0.39, 0.29) is 11.9 Å². The summed E-state index contributed by atoms with van der Waals surface area (Å²) in [5.41, 5.74) is 2.01. The van der Waals surface area contributed by atoms with Crippen molar-refractivity contribution in [3.8, 4) is 0 Å². The highest BCUT2D eigenvalue weighted by Gasteiger charge is 2.29. The standard InChI is InChI=1S/C17H21FN2O/c1-12(2)15-10-17(21-19-15)16-7-4-8-20(16)11-13-5-3-6-14(18)9-13/h3,5-6,9-10,12,16H,4,7-8,11H2,1-2H3/t16-/m1/s1. The zero-order valence-electron chi connectivity index (χ0n) is 12.6. The van der Waals surface area contributed by atoms with E-state index in [1.54, 1.807) is 12.1 Å². The van der Waals surface area contributed by atoms with Crippen molar-refractivity contribution in [2.24, 2.45) is 0 Å². The Labute approximate surface area is 124 Å². The van der Waals surface area contributed by atoms with Gasteiger partial charge in [-0.3, -0.25) is 4.90 Å². The van der Waals surface area contributed by atoms with Crippen LogP contribution in [0.3, 0.4) is 0 Å². The van der Waals surface area contributed by atoms with E-state index in [1.165, 1.54) is 6.07 Å². The van der Waals surface area contributed by atoms with Crippen LogP contribution in [0.5, 0.6) is 0 Å². The number of nitrogens with zero attached hydrogens (tertiary/aromatic N) is 2. The van der Waals surface area contributed by atoms with Crippen LogP contribution in [0.4, 0.5) is 4.39 Å². The number of benzene rings is 1. The van der Waals surface area contributed by atoms with Crippen LogP contribution in [-0.2, 0) is 6.54 Å². The lowest BCUT2D eigenvalue weighted by atomic mass is 10.1. The molecule has 1 atom stereocenters. The summed E-state index contributed by atoms with van der Waals surface area (Å²) in [5, 5.41) is 4.15. The van der Waals surface area contributed by atoms with Gasteiger partial charge in [0.15, 0.2) is 5.76 Å². The number of aromatic nitrogens is 1. The van der Waals surface area contributed by atoms with Crippen LogP contribution in [0.1, 0.15) is 55.7 Å². The van der Waals surface area contributed by atoms with Gasteiger partial charge < -0.3 is 4.52 Å². The molecule has 0 N–H and O–H groups in total. The van der Waals surface area contributed by atoms with Gasteiger partial charge in [0, 0.05) is 12.6 Å². The monoisotopic (exact) mass is 288 g/mol. The van der Waals surface area contributed by atoms with E-state index >= 15 is 0 Å². The van der Waals surface area contributed by atoms with Crippen LogP contribution in [-0.4, -0.2) is 16.6 Å². The topological polar surface area (TPSA) is 29.3 Å². The highest BCUT2D eigenvalue weighted by molar-refractivity contribution is 5.18. The minimum Gasteiger partial charge on any atom is -0.359 e. The predicted molar refractivity (Wildman–Crippen MR) is 79.4 cm³/mol. The molecule has 0 aliphatic carbocycles. The maximum Gasteiger partial charge on any atom is 0.154 e. The molecule has 1 aromatic carbocycles. The van der Waals surface area contributed by atoms with Crippen molar-refractivity contribution in [3.05, 3.63) is 53.2 Å². The molecule has 0 saturated carbocycles. The zero-order chi connectivity index (χ0) is 14.8. The highest BCUT2D eigenvalue weighted by Crippen LogP contribution is 2.34. The molecule has 21 heavy (non-hydrogen) atoms. The maximum absolute atomic E-state index is 13.3. The Morgan fingerprint density at radius 2 is 2.24 bits per heavy atom. The van der Waals surface area contributed by atoms with Crippen LogP contribution >= 0.6 is 0 Å². The molecular formula is C17H21FN2O. The Morgan fingerprint density at radius 3 is 2.95 bits per heavy atom. The summed E-state index contributed by atoms with van der Waals surface area (Å²) in [4.78, 5) is 2.35. The van der Waals surface area contributed by atoms with E-state index in [4.69, 9.17) is 4.52 Å². The molecule has 0 bridgehead atoms. The molecule has 1 aromatic heterocycles. The molecule has 1 saturated heterocycles. The van der Waals surface area contributed by atoms with Crippen molar-refractivity contribution in [2.45, 2.75) is 45.2 Å². The van der Waals surface area contributed by atoms with Gasteiger partial charge in [0.25, 0.3) is 0 Å². The second-order valence-corrected chi connectivity index (χ2v) is 6.07. The van der Waals surface area contributed by atoms with Gasteiger partial charge in [0.2, 0.25) is 0 Å². The summed E-state index contributed by atoms with van der Waals surface area (Å²) in [6.07, 6.45) is 2.21. The first-order valence-electron chi connectivity index (χ1n) is 7.58. The summed E-state index contributed by atoms with van der Waals surface area (Å²) in [6, 6.07) is 9.15. The van der Waals surface area contributed by atoms with Gasteiger partial charge >= 0.3 is 0 Å². The lowest BCUT2D eigenvalue weighted by molar-refractivity contribution is 0.206. The highest BCUT2D eigenvalue weighted by atomic mass is 19.1. The summed E-state index contributed by atoms with van der Waals surface area (Å²) in [5.74, 6) is 1.14. The smallest absolute Gasteiger partial charge is 0.154 e. The second-order valence-electron chi connectivity index (χ2n) is 6.07. The minimum absolute atomic E-state index is 0.176. The fourth-order valence-electron chi connectivity index (χ4n) is 2.94.